The molecule has 168 valence electrons. The van der Waals surface area contributed by atoms with Gasteiger partial charge in [-0.25, -0.2) is 9.59 Å². The molecule has 0 fully saturated rings. The predicted molar refractivity (Wildman–Crippen MR) is 126 cm³/mol. The van der Waals surface area contributed by atoms with Crippen molar-refractivity contribution in [3.63, 3.8) is 0 Å². The van der Waals surface area contributed by atoms with Gasteiger partial charge in [0.15, 0.2) is 0 Å². The molecule has 32 heavy (non-hydrogen) atoms. The zero-order chi connectivity index (χ0) is 22.8. The van der Waals surface area contributed by atoms with E-state index in [2.05, 4.69) is 24.3 Å². The largest absolute Gasteiger partial charge is 0.463 e. The minimum Gasteiger partial charge on any atom is -0.463 e. The van der Waals surface area contributed by atoms with E-state index >= 15 is 0 Å². The quantitative estimate of drug-likeness (QED) is 0.517. The maximum absolute atomic E-state index is 11.7. The molecule has 0 spiro atoms. The lowest BCUT2D eigenvalue weighted by Crippen LogP contribution is -2.12. The Morgan fingerprint density at radius 2 is 1.06 bits per heavy atom. The molecule has 4 heteroatoms. The highest BCUT2D eigenvalue weighted by Gasteiger charge is 2.27. The third-order valence-electron chi connectivity index (χ3n) is 5.82. The molecule has 2 aliphatic rings. The van der Waals surface area contributed by atoms with E-state index in [0.717, 1.165) is 36.8 Å². The molecule has 0 heterocycles. The third kappa shape index (κ3) is 5.97. The molecule has 0 saturated carbocycles. The van der Waals surface area contributed by atoms with Crippen molar-refractivity contribution >= 4 is 11.9 Å². The van der Waals surface area contributed by atoms with Crippen LogP contribution in [-0.4, -0.2) is 25.2 Å². The Morgan fingerprint density at radius 1 is 0.688 bits per heavy atom. The van der Waals surface area contributed by atoms with E-state index < -0.39 is 0 Å². The second-order valence-electron chi connectivity index (χ2n) is 7.84. The molecular formula is C28H32O4. The van der Waals surface area contributed by atoms with Crippen LogP contribution in [0.25, 0.3) is 0 Å². The molecule has 2 atom stereocenters. The van der Waals surface area contributed by atoms with Crippen LogP contribution < -0.4 is 0 Å². The predicted octanol–water partition coefficient (Wildman–Crippen LogP) is 6.11. The topological polar surface area (TPSA) is 52.6 Å². The van der Waals surface area contributed by atoms with Gasteiger partial charge in [-0.3, -0.25) is 0 Å². The van der Waals surface area contributed by atoms with Gasteiger partial charge in [0, 0.05) is 23.0 Å². The van der Waals surface area contributed by atoms with Crippen molar-refractivity contribution in [2.75, 3.05) is 13.2 Å². The second-order valence-corrected chi connectivity index (χ2v) is 7.84. The molecule has 4 nitrogen and oxygen atoms in total. The van der Waals surface area contributed by atoms with Crippen molar-refractivity contribution in [1.82, 2.24) is 0 Å². The number of rotatable bonds is 6. The van der Waals surface area contributed by atoms with Crippen molar-refractivity contribution in [1.29, 1.82) is 0 Å². The van der Waals surface area contributed by atoms with Crippen molar-refractivity contribution in [2.24, 2.45) is 0 Å². The van der Waals surface area contributed by atoms with Gasteiger partial charge in [0.2, 0.25) is 0 Å². The van der Waals surface area contributed by atoms with E-state index in [9.17, 15) is 9.59 Å². The van der Waals surface area contributed by atoms with Gasteiger partial charge in [-0.05, 0) is 50.7 Å². The summed E-state index contributed by atoms with van der Waals surface area (Å²) in [6.45, 7) is 4.56. The van der Waals surface area contributed by atoms with Crippen LogP contribution in [0.5, 0.6) is 0 Å². The average Bonchev–Trinajstić information content (AvgIpc) is 3.51. The standard InChI is InChI=1S/2C14H16O2/c2*1-2-16-14(15)13-10-6-9-12(13)11-7-4-3-5-8-11/h2*3-5,7-8,10,12H,2,6,9H2,1H3/t2*12-/m10/s1. The van der Waals surface area contributed by atoms with Crippen LogP contribution in [0, 0.1) is 0 Å². The Labute approximate surface area is 190 Å². The number of carbonyl (C=O) groups excluding carboxylic acids is 2. The normalized spacial score (nSPS) is 19.3. The molecule has 0 amide bonds. The van der Waals surface area contributed by atoms with Crippen LogP contribution in [0.15, 0.2) is 84.0 Å². The lowest BCUT2D eigenvalue weighted by atomic mass is 9.93. The van der Waals surface area contributed by atoms with Crippen molar-refractivity contribution in [3.8, 4) is 0 Å². The summed E-state index contributed by atoms with van der Waals surface area (Å²) in [6, 6.07) is 20.3. The molecule has 2 aromatic carbocycles. The molecular weight excluding hydrogens is 400 g/mol. The number of hydrogen-bond acceptors (Lipinski definition) is 4. The van der Waals surface area contributed by atoms with E-state index in [4.69, 9.17) is 9.47 Å². The lowest BCUT2D eigenvalue weighted by molar-refractivity contribution is -0.139. The number of esters is 2. The number of ether oxygens (including phenoxy) is 2. The Morgan fingerprint density at radius 3 is 1.41 bits per heavy atom. The summed E-state index contributed by atoms with van der Waals surface area (Å²) in [5.74, 6) is 0.128. The van der Waals surface area contributed by atoms with Crippen molar-refractivity contribution in [3.05, 3.63) is 95.1 Å². The highest BCUT2D eigenvalue weighted by Crippen LogP contribution is 2.36. The summed E-state index contributed by atoms with van der Waals surface area (Å²) in [5.41, 5.74) is 4.07. The van der Waals surface area contributed by atoms with Crippen LogP contribution in [-0.2, 0) is 19.1 Å². The SMILES string of the molecule is CCOC(=O)C1=CCC[C@@H]1c1ccccc1.CCOC(=O)C1=CCC[C@H]1c1ccccc1. The summed E-state index contributed by atoms with van der Waals surface area (Å²) in [6.07, 6.45) is 7.98. The summed E-state index contributed by atoms with van der Waals surface area (Å²) in [4.78, 5) is 23.5. The van der Waals surface area contributed by atoms with Crippen LogP contribution in [0.2, 0.25) is 0 Å². The molecule has 0 saturated heterocycles. The van der Waals surface area contributed by atoms with Gasteiger partial charge >= 0.3 is 11.9 Å². The highest BCUT2D eigenvalue weighted by molar-refractivity contribution is 5.91. The van der Waals surface area contributed by atoms with Crippen LogP contribution in [0.1, 0.15) is 62.5 Å². The van der Waals surface area contributed by atoms with Crippen molar-refractivity contribution in [2.45, 2.75) is 51.4 Å². The fourth-order valence-electron chi connectivity index (χ4n) is 4.35. The number of hydrogen-bond donors (Lipinski definition) is 0. The third-order valence-corrected chi connectivity index (χ3v) is 5.82. The number of carbonyl (C=O) groups is 2. The van der Waals surface area contributed by atoms with Crippen LogP contribution in [0.3, 0.4) is 0 Å². The molecule has 0 aromatic heterocycles. The molecule has 2 aliphatic carbocycles. The van der Waals surface area contributed by atoms with Gasteiger partial charge in [-0.15, -0.1) is 0 Å². The first kappa shape index (κ1) is 23.5. The summed E-state index contributed by atoms with van der Waals surface area (Å²) in [5, 5.41) is 0. The summed E-state index contributed by atoms with van der Waals surface area (Å²) < 4.78 is 10.1. The number of allylic oxidation sites excluding steroid dienone is 2. The van der Waals surface area contributed by atoms with E-state index in [-0.39, 0.29) is 23.8 Å². The maximum Gasteiger partial charge on any atom is 0.334 e. The van der Waals surface area contributed by atoms with Crippen LogP contribution >= 0.6 is 0 Å². The van der Waals surface area contributed by atoms with E-state index in [1.54, 1.807) is 0 Å². The first-order valence-electron chi connectivity index (χ1n) is 11.5. The second kappa shape index (κ2) is 12.0. The fraction of sp³-hybridized carbons (Fsp3) is 0.357. The van der Waals surface area contributed by atoms with E-state index in [1.165, 1.54) is 11.1 Å². The van der Waals surface area contributed by atoms with Gasteiger partial charge in [0.1, 0.15) is 0 Å². The Kier molecular flexibility index (Phi) is 8.85. The van der Waals surface area contributed by atoms with Gasteiger partial charge in [-0.1, -0.05) is 72.8 Å². The van der Waals surface area contributed by atoms with Gasteiger partial charge in [0.05, 0.1) is 13.2 Å². The lowest BCUT2D eigenvalue weighted by Gasteiger charge is -2.14. The van der Waals surface area contributed by atoms with Crippen LogP contribution in [0.4, 0.5) is 0 Å². The fourth-order valence-corrected chi connectivity index (χ4v) is 4.35. The summed E-state index contributed by atoms with van der Waals surface area (Å²) >= 11 is 0. The molecule has 0 bridgehead atoms. The smallest absolute Gasteiger partial charge is 0.334 e. The molecule has 0 N–H and O–H groups in total. The first-order valence-corrected chi connectivity index (χ1v) is 11.5. The monoisotopic (exact) mass is 432 g/mol. The van der Waals surface area contributed by atoms with Crippen molar-refractivity contribution < 1.29 is 19.1 Å². The van der Waals surface area contributed by atoms with E-state index in [0.29, 0.717) is 13.2 Å². The van der Waals surface area contributed by atoms with Gasteiger partial charge in [0.25, 0.3) is 0 Å². The average molecular weight is 433 g/mol. The minimum absolute atomic E-state index is 0.158. The Bertz CT molecular complexity index is 864. The maximum atomic E-state index is 11.7. The minimum atomic E-state index is -0.158. The molecule has 4 rings (SSSR count). The molecule has 0 radical (unpaired) electrons. The molecule has 0 unspecified atom stereocenters. The summed E-state index contributed by atoms with van der Waals surface area (Å²) in [7, 11) is 0. The van der Waals surface area contributed by atoms with Gasteiger partial charge < -0.3 is 9.47 Å². The highest BCUT2D eigenvalue weighted by atomic mass is 16.5. The Hall–Kier alpha value is -3.14. The number of benzene rings is 2. The zero-order valence-electron chi connectivity index (χ0n) is 19.0. The molecule has 2 aromatic rings. The van der Waals surface area contributed by atoms with E-state index in [1.807, 2.05) is 62.4 Å². The Balaban J connectivity index is 0.000000181. The zero-order valence-corrected chi connectivity index (χ0v) is 19.0. The first-order chi connectivity index (χ1) is 15.7. The van der Waals surface area contributed by atoms with Gasteiger partial charge in [-0.2, -0.15) is 0 Å². The molecule has 0 aliphatic heterocycles.